The topological polar surface area (TPSA) is 46.5 Å². The van der Waals surface area contributed by atoms with Gasteiger partial charge < -0.3 is 9.84 Å². The van der Waals surface area contributed by atoms with Gasteiger partial charge in [0, 0.05) is 0 Å². The lowest BCUT2D eigenvalue weighted by atomic mass is 10.1. The maximum Gasteiger partial charge on any atom is 0.342 e. The Bertz CT molecular complexity index is 615. The summed E-state index contributed by atoms with van der Waals surface area (Å²) in [7, 11) is 0. The van der Waals surface area contributed by atoms with Gasteiger partial charge in [-0.1, -0.05) is 12.1 Å². The first-order valence-corrected chi connectivity index (χ1v) is 5.75. The van der Waals surface area contributed by atoms with E-state index in [1.165, 1.54) is 12.1 Å². The number of carbonyl (C=O) groups is 1. The molecule has 0 aromatic heterocycles. The lowest BCUT2D eigenvalue weighted by Crippen LogP contribution is -2.03. The minimum atomic E-state index is -1.35. The van der Waals surface area contributed by atoms with Crippen LogP contribution in [0.25, 0.3) is 0 Å². The van der Waals surface area contributed by atoms with E-state index in [1.807, 2.05) is 19.9 Å². The number of carboxylic acids is 1. The quantitative estimate of drug-likeness (QED) is 0.909. The van der Waals surface area contributed by atoms with E-state index in [9.17, 15) is 9.18 Å². The molecule has 0 saturated heterocycles. The van der Waals surface area contributed by atoms with Crippen LogP contribution in [-0.2, 0) is 0 Å². The molecule has 0 bridgehead atoms. The summed E-state index contributed by atoms with van der Waals surface area (Å²) in [5.41, 5.74) is 1.52. The molecule has 0 atom stereocenters. The number of hydrogen-bond donors (Lipinski definition) is 1. The maximum absolute atomic E-state index is 13.5. The Labute approximate surface area is 110 Å². The van der Waals surface area contributed by atoms with Gasteiger partial charge in [0.25, 0.3) is 0 Å². The molecule has 0 heterocycles. The molecule has 0 aliphatic carbocycles. The van der Waals surface area contributed by atoms with E-state index in [4.69, 9.17) is 9.84 Å². The second kappa shape index (κ2) is 5.10. The zero-order valence-corrected chi connectivity index (χ0v) is 10.6. The van der Waals surface area contributed by atoms with Gasteiger partial charge in [-0.15, -0.1) is 0 Å². The van der Waals surface area contributed by atoms with Crippen LogP contribution in [0.1, 0.15) is 21.5 Å². The molecule has 2 aromatic carbocycles. The number of ether oxygens (including phenoxy) is 1. The minimum Gasteiger partial charge on any atom is -0.477 e. The molecule has 0 aliphatic rings. The minimum absolute atomic E-state index is 0.00231. The summed E-state index contributed by atoms with van der Waals surface area (Å²) in [5, 5.41) is 9.01. The summed E-state index contributed by atoms with van der Waals surface area (Å²) in [6, 6.07) is 9.45. The average molecular weight is 260 g/mol. The van der Waals surface area contributed by atoms with Crippen LogP contribution in [0.4, 0.5) is 4.39 Å². The second-order valence-electron chi connectivity index (χ2n) is 4.34. The highest BCUT2D eigenvalue weighted by Gasteiger charge is 2.17. The van der Waals surface area contributed by atoms with Crippen molar-refractivity contribution in [3.05, 3.63) is 58.9 Å². The Balaban J connectivity index is 2.43. The van der Waals surface area contributed by atoms with Gasteiger partial charge in [0.1, 0.15) is 22.9 Å². The maximum atomic E-state index is 13.5. The van der Waals surface area contributed by atoms with Crippen LogP contribution < -0.4 is 4.74 Å². The van der Waals surface area contributed by atoms with Crippen LogP contribution >= 0.6 is 0 Å². The molecule has 3 nitrogen and oxygen atoms in total. The Kier molecular flexibility index (Phi) is 3.51. The van der Waals surface area contributed by atoms with E-state index in [2.05, 4.69) is 0 Å². The van der Waals surface area contributed by atoms with Gasteiger partial charge >= 0.3 is 5.97 Å². The number of hydrogen-bond acceptors (Lipinski definition) is 2. The normalized spacial score (nSPS) is 10.3. The summed E-state index contributed by atoms with van der Waals surface area (Å²) in [5.74, 6) is -1.67. The van der Waals surface area contributed by atoms with Gasteiger partial charge in [-0.05, 0) is 49.2 Å². The Morgan fingerprint density at radius 1 is 1.16 bits per heavy atom. The highest BCUT2D eigenvalue weighted by Crippen LogP contribution is 2.28. The summed E-state index contributed by atoms with van der Waals surface area (Å²) in [6.07, 6.45) is 0. The molecule has 1 N–H and O–H groups in total. The number of halogens is 1. The molecule has 2 rings (SSSR count). The Morgan fingerprint density at radius 2 is 1.79 bits per heavy atom. The third-order valence-electron chi connectivity index (χ3n) is 2.61. The predicted octanol–water partition coefficient (Wildman–Crippen LogP) is 3.93. The molecule has 0 fully saturated rings. The van der Waals surface area contributed by atoms with Crippen molar-refractivity contribution in [3.63, 3.8) is 0 Å². The lowest BCUT2D eigenvalue weighted by Gasteiger charge is -2.10. The molecular weight excluding hydrogens is 247 g/mol. The van der Waals surface area contributed by atoms with E-state index in [0.717, 1.165) is 17.2 Å². The van der Waals surface area contributed by atoms with Crippen molar-refractivity contribution in [1.29, 1.82) is 0 Å². The molecule has 0 spiro atoms. The van der Waals surface area contributed by atoms with Gasteiger partial charge in [-0.3, -0.25) is 0 Å². The van der Waals surface area contributed by atoms with Crippen molar-refractivity contribution in [1.82, 2.24) is 0 Å². The van der Waals surface area contributed by atoms with Crippen LogP contribution in [0.3, 0.4) is 0 Å². The van der Waals surface area contributed by atoms with Gasteiger partial charge in [-0.2, -0.15) is 0 Å². The van der Waals surface area contributed by atoms with Gasteiger partial charge in [0.15, 0.2) is 0 Å². The molecule has 4 heteroatoms. The summed E-state index contributed by atoms with van der Waals surface area (Å²) in [4.78, 5) is 11.0. The number of rotatable bonds is 3. The van der Waals surface area contributed by atoms with E-state index >= 15 is 0 Å². The van der Waals surface area contributed by atoms with E-state index in [0.29, 0.717) is 5.75 Å². The number of benzene rings is 2. The SMILES string of the molecule is Cc1cc(C)cc(Oc2cccc(F)c2C(=O)O)c1. The predicted molar refractivity (Wildman–Crippen MR) is 69.3 cm³/mol. The number of carboxylic acid groups (broad SMARTS) is 1. The van der Waals surface area contributed by atoms with Crippen LogP contribution in [0.2, 0.25) is 0 Å². The fraction of sp³-hybridized carbons (Fsp3) is 0.133. The van der Waals surface area contributed by atoms with Crippen molar-refractivity contribution >= 4 is 5.97 Å². The molecule has 0 amide bonds. The van der Waals surface area contributed by atoms with Crippen LogP contribution in [0.15, 0.2) is 36.4 Å². The van der Waals surface area contributed by atoms with E-state index in [1.54, 1.807) is 12.1 Å². The zero-order valence-electron chi connectivity index (χ0n) is 10.6. The molecule has 2 aromatic rings. The van der Waals surface area contributed by atoms with Crippen molar-refractivity contribution in [2.24, 2.45) is 0 Å². The molecule has 0 saturated carbocycles. The van der Waals surface area contributed by atoms with Crippen molar-refractivity contribution in [3.8, 4) is 11.5 Å². The van der Waals surface area contributed by atoms with Gasteiger partial charge in [0.2, 0.25) is 0 Å². The standard InChI is InChI=1S/C15H13FO3/c1-9-6-10(2)8-11(7-9)19-13-5-3-4-12(16)14(13)15(17)18/h3-8H,1-2H3,(H,17,18). The average Bonchev–Trinajstić information content (AvgIpc) is 2.26. The molecule has 98 valence electrons. The molecular formula is C15H13FO3. The fourth-order valence-electron chi connectivity index (χ4n) is 1.92. The summed E-state index contributed by atoms with van der Waals surface area (Å²) < 4.78 is 19.0. The van der Waals surface area contributed by atoms with Crippen LogP contribution in [0, 0.1) is 19.7 Å². The molecule has 0 radical (unpaired) electrons. The highest BCUT2D eigenvalue weighted by atomic mass is 19.1. The van der Waals surface area contributed by atoms with Crippen molar-refractivity contribution in [2.45, 2.75) is 13.8 Å². The van der Waals surface area contributed by atoms with Crippen molar-refractivity contribution < 1.29 is 19.0 Å². The molecule has 0 unspecified atom stereocenters. The molecule has 19 heavy (non-hydrogen) atoms. The summed E-state index contributed by atoms with van der Waals surface area (Å²) >= 11 is 0. The van der Waals surface area contributed by atoms with Crippen molar-refractivity contribution in [2.75, 3.05) is 0 Å². The first-order chi connectivity index (χ1) is 8.97. The second-order valence-corrected chi connectivity index (χ2v) is 4.34. The van der Waals surface area contributed by atoms with Crippen LogP contribution in [-0.4, -0.2) is 11.1 Å². The summed E-state index contributed by atoms with van der Waals surface area (Å²) in [6.45, 7) is 3.81. The highest BCUT2D eigenvalue weighted by molar-refractivity contribution is 5.91. The smallest absolute Gasteiger partial charge is 0.342 e. The van der Waals surface area contributed by atoms with Crippen LogP contribution in [0.5, 0.6) is 11.5 Å². The first kappa shape index (κ1) is 13.1. The fourth-order valence-corrected chi connectivity index (χ4v) is 1.92. The molecule has 0 aliphatic heterocycles. The zero-order chi connectivity index (χ0) is 14.0. The Morgan fingerprint density at radius 3 is 2.37 bits per heavy atom. The van der Waals surface area contributed by atoms with Gasteiger partial charge in [0.05, 0.1) is 0 Å². The third-order valence-corrected chi connectivity index (χ3v) is 2.61. The monoisotopic (exact) mass is 260 g/mol. The van der Waals surface area contributed by atoms with E-state index < -0.39 is 17.3 Å². The van der Waals surface area contributed by atoms with Gasteiger partial charge in [-0.25, -0.2) is 9.18 Å². The third kappa shape index (κ3) is 2.91. The van der Waals surface area contributed by atoms with E-state index in [-0.39, 0.29) is 5.75 Å². The largest absolute Gasteiger partial charge is 0.477 e. The number of aryl methyl sites for hydroxylation is 2. The number of aromatic carboxylic acids is 1. The Hall–Kier alpha value is -2.36. The first-order valence-electron chi connectivity index (χ1n) is 5.75. The lowest BCUT2D eigenvalue weighted by molar-refractivity contribution is 0.0689.